The van der Waals surface area contributed by atoms with Gasteiger partial charge in [-0.15, -0.1) is 0 Å². The summed E-state index contributed by atoms with van der Waals surface area (Å²) < 4.78 is 40.5. The Hall–Kier alpha value is -3.12. The van der Waals surface area contributed by atoms with Gasteiger partial charge in [0.2, 0.25) is 11.8 Å². The van der Waals surface area contributed by atoms with E-state index in [1.54, 1.807) is 0 Å². The van der Waals surface area contributed by atoms with E-state index >= 15 is 0 Å². The first-order valence-electron chi connectivity index (χ1n) is 10.6. The molecule has 0 spiro atoms. The molecule has 3 nitrogen and oxygen atoms in total. The Balaban J connectivity index is 1.56. The largest absolute Gasteiger partial charge is 0.417 e. The smallest absolute Gasteiger partial charge is 0.274 e. The molecule has 3 aromatic rings. The molecule has 1 fully saturated rings. The van der Waals surface area contributed by atoms with E-state index in [4.69, 9.17) is 11.6 Å². The van der Waals surface area contributed by atoms with Gasteiger partial charge in [0.1, 0.15) is 0 Å². The van der Waals surface area contributed by atoms with E-state index in [2.05, 4.69) is 0 Å². The SMILES string of the molecule is CC12c3ccccc3C(c3ccccc31)[C@@H]1C(=O)N(c3ccc(Cl)c(C(F)(F)F)c3)C(=O)[C@@H]12. The van der Waals surface area contributed by atoms with Gasteiger partial charge in [0.15, 0.2) is 0 Å². The van der Waals surface area contributed by atoms with Crippen molar-refractivity contribution in [3.05, 3.63) is 99.6 Å². The lowest BCUT2D eigenvalue weighted by Crippen LogP contribution is -2.51. The third-order valence-electron chi connectivity index (χ3n) is 7.56. The zero-order valence-corrected chi connectivity index (χ0v) is 18.1. The summed E-state index contributed by atoms with van der Waals surface area (Å²) in [7, 11) is 0. The second-order valence-corrected chi connectivity index (χ2v) is 9.44. The third-order valence-corrected chi connectivity index (χ3v) is 7.89. The first-order valence-corrected chi connectivity index (χ1v) is 11.0. The molecule has 0 N–H and O–H groups in total. The molecular weight excluding hydrogens is 451 g/mol. The molecule has 1 saturated heterocycles. The molecule has 0 unspecified atom stereocenters. The zero-order valence-electron chi connectivity index (χ0n) is 17.4. The normalized spacial score (nSPS) is 27.4. The van der Waals surface area contributed by atoms with Crippen LogP contribution in [0.3, 0.4) is 0 Å². The van der Waals surface area contributed by atoms with Crippen LogP contribution in [0.1, 0.15) is 40.7 Å². The van der Waals surface area contributed by atoms with Crippen LogP contribution in [0, 0.1) is 11.8 Å². The Bertz CT molecular complexity index is 1320. The summed E-state index contributed by atoms with van der Waals surface area (Å²) in [5, 5.41) is -0.477. The van der Waals surface area contributed by atoms with E-state index in [9.17, 15) is 22.8 Å². The standard InChI is InChI=1S/C26H17ClF3NO2/c1-25-16-8-4-2-6-14(16)20(15-7-3-5-9-17(15)25)21-22(25)24(33)31(23(21)32)13-10-11-19(27)18(12-13)26(28,29)30/h2-12,20-22H,1H3/t20?,21-,22+,25?/m0/s1. The summed E-state index contributed by atoms with van der Waals surface area (Å²) in [5.41, 5.74) is 2.03. The van der Waals surface area contributed by atoms with Crippen molar-refractivity contribution in [3.8, 4) is 0 Å². The summed E-state index contributed by atoms with van der Waals surface area (Å²) in [6.07, 6.45) is -4.71. The van der Waals surface area contributed by atoms with Crippen LogP contribution >= 0.6 is 11.6 Å². The molecule has 33 heavy (non-hydrogen) atoms. The summed E-state index contributed by atoms with van der Waals surface area (Å²) >= 11 is 5.77. The first kappa shape index (κ1) is 20.5. The maximum Gasteiger partial charge on any atom is 0.417 e. The van der Waals surface area contributed by atoms with Gasteiger partial charge in [0.05, 0.1) is 28.1 Å². The number of benzene rings is 3. The van der Waals surface area contributed by atoms with Crippen molar-refractivity contribution in [1.29, 1.82) is 0 Å². The Morgan fingerprint density at radius 1 is 0.879 bits per heavy atom. The van der Waals surface area contributed by atoms with Gasteiger partial charge in [0.25, 0.3) is 0 Å². The predicted molar refractivity (Wildman–Crippen MR) is 117 cm³/mol. The minimum atomic E-state index is -4.71. The number of rotatable bonds is 1. The highest BCUT2D eigenvalue weighted by molar-refractivity contribution is 6.31. The van der Waals surface area contributed by atoms with Crippen molar-refractivity contribution in [2.75, 3.05) is 4.90 Å². The third kappa shape index (κ3) is 2.47. The number of imide groups is 1. The molecule has 2 bridgehead atoms. The second kappa shape index (κ2) is 6.48. The predicted octanol–water partition coefficient (Wildman–Crippen LogP) is 5.93. The van der Waals surface area contributed by atoms with E-state index in [-0.39, 0.29) is 11.6 Å². The molecule has 3 aliphatic carbocycles. The second-order valence-electron chi connectivity index (χ2n) is 9.03. The summed E-state index contributed by atoms with van der Waals surface area (Å²) in [6.45, 7) is 1.97. The van der Waals surface area contributed by atoms with Crippen molar-refractivity contribution in [2.24, 2.45) is 11.8 Å². The molecular formula is C26H17ClF3NO2. The van der Waals surface area contributed by atoms with Crippen molar-refractivity contribution in [2.45, 2.75) is 24.4 Å². The maximum absolute atomic E-state index is 13.8. The van der Waals surface area contributed by atoms with E-state index in [1.807, 2.05) is 55.5 Å². The Labute approximate surface area is 192 Å². The lowest BCUT2D eigenvalue weighted by molar-refractivity contribution is -0.137. The monoisotopic (exact) mass is 467 g/mol. The van der Waals surface area contributed by atoms with Gasteiger partial charge < -0.3 is 0 Å². The van der Waals surface area contributed by atoms with Crippen LogP contribution in [0.15, 0.2) is 66.7 Å². The minimum Gasteiger partial charge on any atom is -0.274 e. The van der Waals surface area contributed by atoms with Crippen LogP contribution in [-0.2, 0) is 21.2 Å². The van der Waals surface area contributed by atoms with Gasteiger partial charge in [-0.3, -0.25) is 9.59 Å². The average Bonchev–Trinajstić information content (AvgIpc) is 3.05. The number of nitrogens with zero attached hydrogens (tertiary/aromatic N) is 1. The highest BCUT2D eigenvalue weighted by Gasteiger charge is 2.66. The molecule has 4 aliphatic rings. The number of alkyl halides is 3. The molecule has 0 radical (unpaired) electrons. The fraction of sp³-hybridized carbons (Fsp3) is 0.231. The number of hydrogen-bond donors (Lipinski definition) is 0. The van der Waals surface area contributed by atoms with Crippen molar-refractivity contribution in [3.63, 3.8) is 0 Å². The molecule has 2 amide bonds. The summed E-state index contributed by atoms with van der Waals surface area (Å²) in [5.74, 6) is -2.67. The topological polar surface area (TPSA) is 37.4 Å². The molecule has 0 saturated carbocycles. The Morgan fingerprint density at radius 2 is 1.45 bits per heavy atom. The maximum atomic E-state index is 13.8. The molecule has 2 atom stereocenters. The molecule has 0 aromatic heterocycles. The molecule has 166 valence electrons. The molecule has 3 aromatic carbocycles. The van der Waals surface area contributed by atoms with Crippen molar-refractivity contribution >= 4 is 29.1 Å². The van der Waals surface area contributed by atoms with E-state index in [1.165, 1.54) is 6.07 Å². The summed E-state index contributed by atoms with van der Waals surface area (Å²) in [6, 6.07) is 18.8. The molecule has 1 aliphatic heterocycles. The number of amides is 2. The fourth-order valence-electron chi connectivity index (χ4n) is 6.27. The lowest BCUT2D eigenvalue weighted by atomic mass is 9.48. The van der Waals surface area contributed by atoms with Crippen LogP contribution in [-0.4, -0.2) is 11.8 Å². The van der Waals surface area contributed by atoms with E-state index in [0.29, 0.717) is 0 Å². The number of anilines is 1. The van der Waals surface area contributed by atoms with Gasteiger partial charge in [-0.2, -0.15) is 13.2 Å². The Morgan fingerprint density at radius 3 is 2.03 bits per heavy atom. The minimum absolute atomic E-state index is 0.104. The Kier molecular flexibility index (Phi) is 4.02. The van der Waals surface area contributed by atoms with Crippen LogP contribution in [0.5, 0.6) is 0 Å². The van der Waals surface area contributed by atoms with Gasteiger partial charge >= 0.3 is 6.18 Å². The number of carbonyl (C=O) groups excluding carboxylic acids is 2. The highest BCUT2D eigenvalue weighted by atomic mass is 35.5. The van der Waals surface area contributed by atoms with E-state index in [0.717, 1.165) is 39.3 Å². The van der Waals surface area contributed by atoms with Gasteiger partial charge in [0, 0.05) is 11.3 Å². The van der Waals surface area contributed by atoms with Crippen LogP contribution < -0.4 is 4.90 Å². The van der Waals surface area contributed by atoms with Gasteiger partial charge in [-0.05, 0) is 40.5 Å². The zero-order chi connectivity index (χ0) is 23.3. The van der Waals surface area contributed by atoms with Crippen LogP contribution in [0.25, 0.3) is 0 Å². The lowest BCUT2D eigenvalue weighted by Gasteiger charge is -2.52. The van der Waals surface area contributed by atoms with E-state index < -0.39 is 45.8 Å². The number of hydrogen-bond acceptors (Lipinski definition) is 2. The molecule has 7 rings (SSSR count). The average molecular weight is 468 g/mol. The fourth-order valence-corrected chi connectivity index (χ4v) is 6.50. The molecule has 1 heterocycles. The van der Waals surface area contributed by atoms with Crippen molar-refractivity contribution in [1.82, 2.24) is 0 Å². The quantitative estimate of drug-likeness (QED) is 0.416. The first-order chi connectivity index (χ1) is 15.7. The van der Waals surface area contributed by atoms with Gasteiger partial charge in [-0.1, -0.05) is 67.1 Å². The number of halogens is 4. The van der Waals surface area contributed by atoms with Gasteiger partial charge in [-0.25, -0.2) is 4.90 Å². The molecule has 7 heteroatoms. The number of carbonyl (C=O) groups is 2. The van der Waals surface area contributed by atoms with Crippen LogP contribution in [0.4, 0.5) is 18.9 Å². The summed E-state index contributed by atoms with van der Waals surface area (Å²) in [4.78, 5) is 28.5. The van der Waals surface area contributed by atoms with Crippen LogP contribution in [0.2, 0.25) is 5.02 Å². The highest BCUT2D eigenvalue weighted by Crippen LogP contribution is 2.64. The van der Waals surface area contributed by atoms with Crippen molar-refractivity contribution < 1.29 is 22.8 Å².